The Balaban J connectivity index is 1.44. The number of carbonyl (C=O) groups is 2. The summed E-state index contributed by atoms with van der Waals surface area (Å²) >= 11 is 6.22. The first-order chi connectivity index (χ1) is 14.1. The highest BCUT2D eigenvalue weighted by Crippen LogP contribution is 2.30. The Bertz CT molecular complexity index is 1020. The van der Waals surface area contributed by atoms with Gasteiger partial charge in [0, 0.05) is 24.3 Å². The van der Waals surface area contributed by atoms with Gasteiger partial charge in [-0.3, -0.25) is 9.59 Å². The second kappa shape index (κ2) is 8.53. The summed E-state index contributed by atoms with van der Waals surface area (Å²) in [6.45, 7) is 0.982. The summed E-state index contributed by atoms with van der Waals surface area (Å²) in [5.74, 6) is 0.287. The van der Waals surface area contributed by atoms with Crippen LogP contribution in [0.5, 0.6) is 0 Å². The number of likely N-dealkylation sites (tertiary alicyclic amines) is 1. The number of furan rings is 1. The predicted octanol–water partition coefficient (Wildman–Crippen LogP) is 5.09. The van der Waals surface area contributed by atoms with Gasteiger partial charge < -0.3 is 14.6 Å². The van der Waals surface area contributed by atoms with Crippen molar-refractivity contribution in [1.29, 1.82) is 0 Å². The second-order valence-electron chi connectivity index (χ2n) is 7.09. The largest absolute Gasteiger partial charge is 0.451 e. The monoisotopic (exact) mass is 408 g/mol. The number of para-hydroxylation sites is 1. The highest BCUT2D eigenvalue weighted by molar-refractivity contribution is 6.33. The van der Waals surface area contributed by atoms with Gasteiger partial charge in [-0.2, -0.15) is 0 Å². The Labute approximate surface area is 174 Å². The van der Waals surface area contributed by atoms with E-state index in [1.165, 1.54) is 0 Å². The SMILES string of the molecule is O=C(Nc1ccccc1)[C@@H]1CCCN(C(=O)c2ccc(-c3ccccc3Cl)o2)C1. The molecule has 29 heavy (non-hydrogen) atoms. The normalized spacial score (nSPS) is 16.4. The molecule has 6 heteroatoms. The van der Waals surface area contributed by atoms with Gasteiger partial charge in [-0.15, -0.1) is 0 Å². The molecule has 1 atom stereocenters. The first-order valence-electron chi connectivity index (χ1n) is 9.62. The number of anilines is 1. The van der Waals surface area contributed by atoms with Crippen molar-refractivity contribution in [3.63, 3.8) is 0 Å². The van der Waals surface area contributed by atoms with Crippen molar-refractivity contribution >= 4 is 29.1 Å². The van der Waals surface area contributed by atoms with E-state index in [1.54, 1.807) is 23.1 Å². The second-order valence-corrected chi connectivity index (χ2v) is 7.50. The summed E-state index contributed by atoms with van der Waals surface area (Å²) in [7, 11) is 0. The molecule has 3 aromatic rings. The molecule has 1 aromatic heterocycles. The molecule has 2 amide bonds. The topological polar surface area (TPSA) is 62.6 Å². The summed E-state index contributed by atoms with van der Waals surface area (Å²) in [5.41, 5.74) is 1.50. The molecule has 1 saturated heterocycles. The van der Waals surface area contributed by atoms with Gasteiger partial charge in [-0.25, -0.2) is 0 Å². The Hall–Kier alpha value is -3.05. The Morgan fingerprint density at radius 3 is 2.55 bits per heavy atom. The number of hydrogen-bond donors (Lipinski definition) is 1. The van der Waals surface area contributed by atoms with Crippen LogP contribution < -0.4 is 5.32 Å². The molecule has 0 bridgehead atoms. The van der Waals surface area contributed by atoms with E-state index < -0.39 is 0 Å². The highest BCUT2D eigenvalue weighted by Gasteiger charge is 2.30. The van der Waals surface area contributed by atoms with Gasteiger partial charge in [0.1, 0.15) is 5.76 Å². The number of nitrogens with zero attached hydrogens (tertiary/aromatic N) is 1. The third-order valence-corrected chi connectivity index (χ3v) is 5.41. The lowest BCUT2D eigenvalue weighted by Gasteiger charge is -2.31. The zero-order valence-electron chi connectivity index (χ0n) is 15.8. The maximum absolute atomic E-state index is 12.9. The first-order valence-corrected chi connectivity index (χ1v) is 9.99. The molecule has 1 aliphatic heterocycles. The van der Waals surface area contributed by atoms with Gasteiger partial charge >= 0.3 is 0 Å². The van der Waals surface area contributed by atoms with Crippen LogP contribution in [0, 0.1) is 5.92 Å². The van der Waals surface area contributed by atoms with Crippen molar-refractivity contribution in [2.24, 2.45) is 5.92 Å². The van der Waals surface area contributed by atoms with E-state index in [1.807, 2.05) is 48.5 Å². The van der Waals surface area contributed by atoms with Crippen molar-refractivity contribution in [3.8, 4) is 11.3 Å². The van der Waals surface area contributed by atoms with Crippen LogP contribution in [-0.4, -0.2) is 29.8 Å². The van der Waals surface area contributed by atoms with Gasteiger partial charge in [0.15, 0.2) is 5.76 Å². The average molecular weight is 409 g/mol. The van der Waals surface area contributed by atoms with Crippen LogP contribution in [0.1, 0.15) is 23.4 Å². The first kappa shape index (κ1) is 19.3. The van der Waals surface area contributed by atoms with Crippen molar-refractivity contribution in [2.75, 3.05) is 18.4 Å². The fourth-order valence-corrected chi connectivity index (χ4v) is 3.78. The smallest absolute Gasteiger partial charge is 0.289 e. The van der Waals surface area contributed by atoms with Crippen LogP contribution in [0.25, 0.3) is 11.3 Å². The zero-order valence-corrected chi connectivity index (χ0v) is 16.6. The molecule has 0 spiro atoms. The molecule has 0 unspecified atom stereocenters. The number of amides is 2. The summed E-state index contributed by atoms with van der Waals surface area (Å²) < 4.78 is 5.78. The van der Waals surface area contributed by atoms with E-state index in [0.717, 1.165) is 24.1 Å². The lowest BCUT2D eigenvalue weighted by molar-refractivity contribution is -0.121. The number of halogens is 1. The maximum Gasteiger partial charge on any atom is 0.289 e. The minimum absolute atomic E-state index is 0.0649. The van der Waals surface area contributed by atoms with E-state index in [-0.39, 0.29) is 23.5 Å². The summed E-state index contributed by atoms with van der Waals surface area (Å²) in [5, 5.41) is 3.49. The summed E-state index contributed by atoms with van der Waals surface area (Å²) in [6, 6.07) is 20.1. The van der Waals surface area contributed by atoms with Crippen LogP contribution in [-0.2, 0) is 4.79 Å². The molecule has 0 radical (unpaired) electrons. The van der Waals surface area contributed by atoms with E-state index in [2.05, 4.69) is 5.32 Å². The van der Waals surface area contributed by atoms with Gasteiger partial charge in [0.25, 0.3) is 5.91 Å². The van der Waals surface area contributed by atoms with Crippen LogP contribution in [0.15, 0.2) is 71.1 Å². The van der Waals surface area contributed by atoms with Gasteiger partial charge in [0.05, 0.1) is 10.9 Å². The van der Waals surface area contributed by atoms with Crippen molar-refractivity contribution in [1.82, 2.24) is 4.90 Å². The summed E-state index contributed by atoms with van der Waals surface area (Å²) in [4.78, 5) is 27.2. The zero-order chi connectivity index (χ0) is 20.2. The average Bonchev–Trinajstić information content (AvgIpc) is 3.24. The molecule has 1 aliphatic rings. The van der Waals surface area contributed by atoms with E-state index in [4.69, 9.17) is 16.0 Å². The minimum atomic E-state index is -0.245. The molecule has 148 valence electrons. The summed E-state index contributed by atoms with van der Waals surface area (Å²) in [6.07, 6.45) is 1.53. The molecule has 2 heterocycles. The number of rotatable bonds is 4. The van der Waals surface area contributed by atoms with Gasteiger partial charge in [-0.1, -0.05) is 41.9 Å². The minimum Gasteiger partial charge on any atom is -0.451 e. The molecular weight excluding hydrogens is 388 g/mol. The Kier molecular flexibility index (Phi) is 5.67. The number of hydrogen-bond acceptors (Lipinski definition) is 3. The number of carbonyl (C=O) groups excluding carboxylic acids is 2. The number of nitrogens with one attached hydrogen (secondary N) is 1. The molecule has 1 N–H and O–H groups in total. The highest BCUT2D eigenvalue weighted by atomic mass is 35.5. The van der Waals surface area contributed by atoms with Crippen LogP contribution in [0.3, 0.4) is 0 Å². The van der Waals surface area contributed by atoms with Crippen LogP contribution >= 0.6 is 11.6 Å². The Morgan fingerprint density at radius 2 is 1.76 bits per heavy atom. The van der Waals surface area contributed by atoms with E-state index >= 15 is 0 Å². The molecule has 1 fully saturated rings. The lowest BCUT2D eigenvalue weighted by atomic mass is 9.96. The Morgan fingerprint density at radius 1 is 1.00 bits per heavy atom. The maximum atomic E-state index is 12.9. The molecule has 4 rings (SSSR count). The van der Waals surface area contributed by atoms with Crippen LogP contribution in [0.4, 0.5) is 5.69 Å². The number of piperidine rings is 1. The third-order valence-electron chi connectivity index (χ3n) is 5.08. The lowest BCUT2D eigenvalue weighted by Crippen LogP contribution is -2.43. The van der Waals surface area contributed by atoms with Crippen molar-refractivity contribution < 1.29 is 14.0 Å². The van der Waals surface area contributed by atoms with Crippen molar-refractivity contribution in [3.05, 3.63) is 77.5 Å². The predicted molar refractivity (Wildman–Crippen MR) is 113 cm³/mol. The molecule has 2 aromatic carbocycles. The molecule has 0 saturated carbocycles. The van der Waals surface area contributed by atoms with E-state index in [0.29, 0.717) is 23.9 Å². The third kappa shape index (κ3) is 4.35. The van der Waals surface area contributed by atoms with Gasteiger partial charge in [0.2, 0.25) is 5.91 Å². The fourth-order valence-electron chi connectivity index (χ4n) is 3.56. The van der Waals surface area contributed by atoms with Crippen molar-refractivity contribution in [2.45, 2.75) is 12.8 Å². The van der Waals surface area contributed by atoms with Gasteiger partial charge in [-0.05, 0) is 49.2 Å². The molecule has 0 aliphatic carbocycles. The fraction of sp³-hybridized carbons (Fsp3) is 0.217. The number of benzene rings is 2. The standard InChI is InChI=1S/C23H21ClN2O3/c24-19-11-5-4-10-18(19)20-12-13-21(29-20)23(28)26-14-6-7-16(15-26)22(27)25-17-8-2-1-3-9-17/h1-5,8-13,16H,6-7,14-15H2,(H,25,27)/t16-/m1/s1. The van der Waals surface area contributed by atoms with E-state index in [9.17, 15) is 9.59 Å². The van der Waals surface area contributed by atoms with Crippen LogP contribution in [0.2, 0.25) is 5.02 Å². The molecular formula is C23H21ClN2O3. The molecule has 5 nitrogen and oxygen atoms in total. The quantitative estimate of drug-likeness (QED) is 0.653.